The van der Waals surface area contributed by atoms with Crippen molar-refractivity contribution in [2.75, 3.05) is 10.6 Å². The number of carbonyl (C=O) groups is 2. The molecule has 2 aromatic rings. The van der Waals surface area contributed by atoms with E-state index in [0.29, 0.717) is 11.5 Å². The summed E-state index contributed by atoms with van der Waals surface area (Å²) in [5.41, 5.74) is 1.54. The molecule has 6 nitrogen and oxygen atoms in total. The molecule has 0 fully saturated rings. The molecular formula is C14H13N3O3. The molecule has 0 aliphatic carbocycles. The molecule has 0 aliphatic rings. The number of rotatable bonds is 4. The van der Waals surface area contributed by atoms with Crippen LogP contribution in [0.5, 0.6) is 0 Å². The molecule has 0 aliphatic heterocycles. The number of anilines is 3. The molecule has 0 atom stereocenters. The van der Waals surface area contributed by atoms with Gasteiger partial charge in [-0.2, -0.15) is 0 Å². The second kappa shape index (κ2) is 5.83. The number of carboxylic acid groups (broad SMARTS) is 1. The maximum absolute atomic E-state index is 11.0. The molecule has 0 radical (unpaired) electrons. The fourth-order valence-electron chi connectivity index (χ4n) is 1.62. The van der Waals surface area contributed by atoms with Crippen LogP contribution in [0.15, 0.2) is 42.6 Å². The van der Waals surface area contributed by atoms with Crippen LogP contribution in [-0.2, 0) is 4.79 Å². The Morgan fingerprint density at radius 2 is 1.90 bits per heavy atom. The van der Waals surface area contributed by atoms with Crippen molar-refractivity contribution in [1.82, 2.24) is 4.98 Å². The van der Waals surface area contributed by atoms with Gasteiger partial charge in [0.2, 0.25) is 5.91 Å². The Hall–Kier alpha value is -2.89. The monoisotopic (exact) mass is 271 g/mol. The normalized spacial score (nSPS) is 9.85. The minimum Gasteiger partial charge on any atom is -0.478 e. The molecule has 6 heteroatoms. The molecule has 0 spiro atoms. The lowest BCUT2D eigenvalue weighted by Gasteiger charge is -2.08. The Kier molecular flexibility index (Phi) is 3.95. The Bertz CT molecular complexity index is 638. The number of hydrogen-bond acceptors (Lipinski definition) is 4. The van der Waals surface area contributed by atoms with Crippen molar-refractivity contribution in [1.29, 1.82) is 0 Å². The van der Waals surface area contributed by atoms with Crippen LogP contribution in [-0.4, -0.2) is 22.0 Å². The van der Waals surface area contributed by atoms with E-state index >= 15 is 0 Å². The predicted molar refractivity (Wildman–Crippen MR) is 75.2 cm³/mol. The zero-order chi connectivity index (χ0) is 14.5. The summed E-state index contributed by atoms with van der Waals surface area (Å²) >= 11 is 0. The minimum absolute atomic E-state index is 0.127. The van der Waals surface area contributed by atoms with Crippen LogP contribution in [0.3, 0.4) is 0 Å². The maximum Gasteiger partial charge on any atom is 0.337 e. The van der Waals surface area contributed by atoms with Crippen molar-refractivity contribution in [2.45, 2.75) is 6.92 Å². The number of carboxylic acids is 1. The first kappa shape index (κ1) is 13.5. The molecule has 1 aromatic heterocycles. The van der Waals surface area contributed by atoms with Crippen LogP contribution in [0.4, 0.5) is 17.2 Å². The summed E-state index contributed by atoms with van der Waals surface area (Å²) < 4.78 is 0. The van der Waals surface area contributed by atoms with E-state index in [0.717, 1.165) is 5.69 Å². The van der Waals surface area contributed by atoms with Crippen molar-refractivity contribution < 1.29 is 14.7 Å². The SMILES string of the molecule is CC(=O)Nc1cccc(Nc2ccc(C(=O)O)cn2)c1. The van der Waals surface area contributed by atoms with Crippen LogP contribution < -0.4 is 10.6 Å². The molecule has 1 heterocycles. The van der Waals surface area contributed by atoms with Crippen LogP contribution in [0.1, 0.15) is 17.3 Å². The third-order valence-corrected chi connectivity index (χ3v) is 2.47. The molecular weight excluding hydrogens is 258 g/mol. The number of aromatic nitrogens is 1. The third kappa shape index (κ3) is 3.55. The number of benzene rings is 1. The van der Waals surface area contributed by atoms with Crippen molar-refractivity contribution >= 4 is 29.1 Å². The summed E-state index contributed by atoms with van der Waals surface area (Å²) in [5.74, 6) is -0.641. The summed E-state index contributed by atoms with van der Waals surface area (Å²) in [4.78, 5) is 25.7. The Morgan fingerprint density at radius 3 is 2.50 bits per heavy atom. The molecule has 0 saturated heterocycles. The maximum atomic E-state index is 11.0. The quantitative estimate of drug-likeness (QED) is 0.794. The lowest BCUT2D eigenvalue weighted by atomic mass is 10.2. The van der Waals surface area contributed by atoms with Gasteiger partial charge in [-0.15, -0.1) is 0 Å². The van der Waals surface area contributed by atoms with Gasteiger partial charge >= 0.3 is 5.97 Å². The first-order chi connectivity index (χ1) is 9.54. The highest BCUT2D eigenvalue weighted by molar-refractivity contribution is 5.89. The average molecular weight is 271 g/mol. The standard InChI is InChI=1S/C14H13N3O3/c1-9(18)16-11-3-2-4-12(7-11)17-13-6-5-10(8-15-13)14(19)20/h2-8H,1H3,(H,15,17)(H,16,18)(H,19,20). The highest BCUT2D eigenvalue weighted by Crippen LogP contribution is 2.19. The van der Waals surface area contributed by atoms with E-state index in [-0.39, 0.29) is 11.5 Å². The van der Waals surface area contributed by atoms with Gasteiger partial charge in [-0.05, 0) is 30.3 Å². The Labute approximate surface area is 115 Å². The van der Waals surface area contributed by atoms with E-state index in [1.165, 1.54) is 19.2 Å². The topological polar surface area (TPSA) is 91.3 Å². The first-order valence-electron chi connectivity index (χ1n) is 5.88. The summed E-state index contributed by atoms with van der Waals surface area (Å²) in [5, 5.41) is 14.5. The van der Waals surface area contributed by atoms with Crippen LogP contribution in [0.25, 0.3) is 0 Å². The molecule has 0 unspecified atom stereocenters. The van der Waals surface area contributed by atoms with Gasteiger partial charge in [0.05, 0.1) is 5.56 Å². The molecule has 1 amide bonds. The fraction of sp³-hybridized carbons (Fsp3) is 0.0714. The second-order valence-corrected chi connectivity index (χ2v) is 4.12. The van der Waals surface area contributed by atoms with Crippen molar-refractivity contribution in [3.63, 3.8) is 0 Å². The number of aromatic carboxylic acids is 1. The highest BCUT2D eigenvalue weighted by atomic mass is 16.4. The smallest absolute Gasteiger partial charge is 0.337 e. The third-order valence-electron chi connectivity index (χ3n) is 2.47. The number of hydrogen-bond donors (Lipinski definition) is 3. The predicted octanol–water partition coefficient (Wildman–Crippen LogP) is 2.48. The van der Waals surface area contributed by atoms with Crippen LogP contribution in [0, 0.1) is 0 Å². The largest absolute Gasteiger partial charge is 0.478 e. The minimum atomic E-state index is -1.02. The van der Waals surface area contributed by atoms with E-state index < -0.39 is 5.97 Å². The van der Waals surface area contributed by atoms with E-state index in [1.807, 2.05) is 6.07 Å². The molecule has 3 N–H and O–H groups in total. The average Bonchev–Trinajstić information content (AvgIpc) is 2.39. The fourth-order valence-corrected chi connectivity index (χ4v) is 1.62. The molecule has 102 valence electrons. The van der Waals surface area contributed by atoms with Crippen molar-refractivity contribution in [3.8, 4) is 0 Å². The lowest BCUT2D eigenvalue weighted by molar-refractivity contribution is -0.114. The van der Waals surface area contributed by atoms with Crippen LogP contribution in [0.2, 0.25) is 0 Å². The number of nitrogens with zero attached hydrogens (tertiary/aromatic N) is 1. The Morgan fingerprint density at radius 1 is 1.15 bits per heavy atom. The molecule has 0 bridgehead atoms. The Balaban J connectivity index is 2.13. The summed E-state index contributed by atoms with van der Waals surface area (Å²) in [7, 11) is 0. The zero-order valence-corrected chi connectivity index (χ0v) is 10.8. The summed E-state index contributed by atoms with van der Waals surface area (Å²) in [6.45, 7) is 1.44. The van der Waals surface area contributed by atoms with Crippen LogP contribution >= 0.6 is 0 Å². The van der Waals surface area contributed by atoms with Crippen molar-refractivity contribution in [3.05, 3.63) is 48.2 Å². The van der Waals surface area contributed by atoms with E-state index in [9.17, 15) is 9.59 Å². The van der Waals surface area contributed by atoms with Gasteiger partial charge in [-0.3, -0.25) is 4.79 Å². The van der Waals surface area contributed by atoms with E-state index in [4.69, 9.17) is 5.11 Å². The lowest BCUT2D eigenvalue weighted by Crippen LogP contribution is -2.05. The molecule has 20 heavy (non-hydrogen) atoms. The number of pyridine rings is 1. The van der Waals surface area contributed by atoms with Gasteiger partial charge in [-0.25, -0.2) is 9.78 Å². The summed E-state index contributed by atoms with van der Waals surface area (Å²) in [6, 6.07) is 10.2. The van der Waals surface area contributed by atoms with Gasteiger partial charge in [-0.1, -0.05) is 6.07 Å². The van der Waals surface area contributed by atoms with Gasteiger partial charge in [0.25, 0.3) is 0 Å². The highest BCUT2D eigenvalue weighted by Gasteiger charge is 2.03. The van der Waals surface area contributed by atoms with Gasteiger partial charge in [0.15, 0.2) is 0 Å². The number of nitrogens with one attached hydrogen (secondary N) is 2. The molecule has 0 saturated carbocycles. The number of carbonyl (C=O) groups excluding carboxylic acids is 1. The van der Waals surface area contributed by atoms with Gasteiger partial charge in [0, 0.05) is 24.5 Å². The van der Waals surface area contributed by atoms with Crippen molar-refractivity contribution in [2.24, 2.45) is 0 Å². The molecule has 2 rings (SSSR count). The second-order valence-electron chi connectivity index (χ2n) is 4.12. The van der Waals surface area contributed by atoms with E-state index in [2.05, 4.69) is 15.6 Å². The van der Waals surface area contributed by atoms with E-state index in [1.54, 1.807) is 24.3 Å². The summed E-state index contributed by atoms with van der Waals surface area (Å²) in [6.07, 6.45) is 1.28. The number of amides is 1. The zero-order valence-electron chi connectivity index (χ0n) is 10.8. The molecule has 1 aromatic carbocycles. The van der Waals surface area contributed by atoms with Gasteiger partial charge < -0.3 is 15.7 Å². The first-order valence-corrected chi connectivity index (χ1v) is 5.88. The van der Waals surface area contributed by atoms with Gasteiger partial charge in [0.1, 0.15) is 5.82 Å².